The maximum Gasteiger partial charge on any atom is 0.231 e. The summed E-state index contributed by atoms with van der Waals surface area (Å²) in [5.74, 6) is 2.44. The zero-order chi connectivity index (χ0) is 19.2. The van der Waals surface area contributed by atoms with Crippen molar-refractivity contribution in [3.8, 4) is 11.5 Å². The normalized spacial score (nSPS) is 18.4. The molecule has 2 N–H and O–H groups in total. The van der Waals surface area contributed by atoms with Gasteiger partial charge in [-0.25, -0.2) is 0 Å². The van der Waals surface area contributed by atoms with Crippen molar-refractivity contribution in [1.29, 1.82) is 0 Å². The van der Waals surface area contributed by atoms with Crippen molar-refractivity contribution in [2.75, 3.05) is 26.9 Å². The van der Waals surface area contributed by atoms with Crippen molar-refractivity contribution in [3.05, 3.63) is 59.7 Å². The molecule has 2 heterocycles. The number of nitrogens with zero attached hydrogens (tertiary/aromatic N) is 2. The smallest absolute Gasteiger partial charge is 0.231 e. The van der Waals surface area contributed by atoms with Crippen LogP contribution >= 0.6 is 24.0 Å². The second-order valence-electron chi connectivity index (χ2n) is 7.25. The Hall–Kier alpha value is -2.00. The molecule has 156 valence electrons. The highest BCUT2D eigenvalue weighted by Crippen LogP contribution is 2.32. The van der Waals surface area contributed by atoms with Crippen molar-refractivity contribution in [3.63, 3.8) is 0 Å². The Bertz CT molecular complexity index is 816. The van der Waals surface area contributed by atoms with E-state index in [2.05, 4.69) is 50.9 Å². The largest absolute Gasteiger partial charge is 0.454 e. The third-order valence-electron chi connectivity index (χ3n) is 5.35. The van der Waals surface area contributed by atoms with Crippen molar-refractivity contribution in [1.82, 2.24) is 15.5 Å². The number of aliphatic imine (C=N–C) groups is 1. The Morgan fingerprint density at radius 1 is 1.07 bits per heavy atom. The Kier molecular flexibility index (Phi) is 8.00. The van der Waals surface area contributed by atoms with E-state index in [9.17, 15) is 0 Å². The highest BCUT2D eigenvalue weighted by atomic mass is 127. The Labute approximate surface area is 189 Å². The number of halogens is 1. The summed E-state index contributed by atoms with van der Waals surface area (Å²) in [6, 6.07) is 17.2. The summed E-state index contributed by atoms with van der Waals surface area (Å²) in [6.07, 6.45) is 2.47. The number of nitrogens with one attached hydrogen (secondary N) is 2. The maximum absolute atomic E-state index is 5.45. The lowest BCUT2D eigenvalue weighted by Gasteiger charge is -2.25. The molecule has 1 unspecified atom stereocenters. The van der Waals surface area contributed by atoms with Gasteiger partial charge >= 0.3 is 0 Å². The van der Waals surface area contributed by atoms with E-state index >= 15 is 0 Å². The molecular weight excluding hydrogens is 479 g/mol. The molecule has 0 saturated carbocycles. The lowest BCUT2D eigenvalue weighted by Crippen LogP contribution is -2.44. The highest BCUT2D eigenvalue weighted by Gasteiger charge is 2.24. The molecule has 0 bridgehead atoms. The maximum atomic E-state index is 5.45. The van der Waals surface area contributed by atoms with Gasteiger partial charge in [0.25, 0.3) is 0 Å². The number of hydrogen-bond acceptors (Lipinski definition) is 4. The third kappa shape index (κ3) is 5.76. The van der Waals surface area contributed by atoms with Gasteiger partial charge in [0.2, 0.25) is 6.79 Å². The number of guanidine groups is 1. The average molecular weight is 508 g/mol. The summed E-state index contributed by atoms with van der Waals surface area (Å²) >= 11 is 0. The van der Waals surface area contributed by atoms with Crippen LogP contribution < -0.4 is 20.1 Å². The fraction of sp³-hybridized carbons (Fsp3) is 0.409. The topological polar surface area (TPSA) is 58.1 Å². The van der Waals surface area contributed by atoms with Crippen molar-refractivity contribution < 1.29 is 9.47 Å². The van der Waals surface area contributed by atoms with E-state index < -0.39 is 0 Å². The van der Waals surface area contributed by atoms with Crippen molar-refractivity contribution in [2.45, 2.75) is 32.0 Å². The van der Waals surface area contributed by atoms with E-state index in [-0.39, 0.29) is 24.0 Å². The van der Waals surface area contributed by atoms with E-state index in [1.165, 1.54) is 18.4 Å². The fourth-order valence-electron chi connectivity index (χ4n) is 3.82. The number of ether oxygens (including phenoxy) is 2. The van der Waals surface area contributed by atoms with Gasteiger partial charge in [-0.05, 0) is 42.6 Å². The molecule has 1 atom stereocenters. The average Bonchev–Trinajstić information content (AvgIpc) is 3.38. The molecule has 2 aliphatic rings. The van der Waals surface area contributed by atoms with Crippen LogP contribution in [-0.4, -0.2) is 43.8 Å². The van der Waals surface area contributed by atoms with E-state index in [1.807, 2.05) is 25.2 Å². The van der Waals surface area contributed by atoms with Gasteiger partial charge < -0.3 is 20.1 Å². The van der Waals surface area contributed by atoms with Crippen molar-refractivity contribution >= 4 is 29.9 Å². The SMILES string of the molecule is CN=C(NCc1ccc2c(c1)OCO2)NCC1CCCN1Cc1ccccc1.I. The molecule has 0 aromatic heterocycles. The zero-order valence-electron chi connectivity index (χ0n) is 16.8. The Balaban J connectivity index is 0.00000240. The van der Waals surface area contributed by atoms with Crippen molar-refractivity contribution in [2.24, 2.45) is 4.99 Å². The number of likely N-dealkylation sites (tertiary alicyclic amines) is 1. The summed E-state index contributed by atoms with van der Waals surface area (Å²) in [4.78, 5) is 6.93. The summed E-state index contributed by atoms with van der Waals surface area (Å²) in [7, 11) is 1.81. The van der Waals surface area contributed by atoms with Gasteiger partial charge in [0.05, 0.1) is 0 Å². The van der Waals surface area contributed by atoms with E-state index in [0.29, 0.717) is 19.4 Å². The van der Waals surface area contributed by atoms with Gasteiger partial charge in [0.1, 0.15) is 0 Å². The fourth-order valence-corrected chi connectivity index (χ4v) is 3.82. The summed E-state index contributed by atoms with van der Waals surface area (Å²) < 4.78 is 10.8. The summed E-state index contributed by atoms with van der Waals surface area (Å²) in [5, 5.41) is 6.88. The molecule has 0 spiro atoms. The quantitative estimate of drug-likeness (QED) is 0.356. The van der Waals surface area contributed by atoms with E-state index in [1.54, 1.807) is 0 Å². The number of fused-ring (bicyclic) bond motifs is 1. The standard InChI is InChI=1S/C22H28N4O2.HI/c1-23-22(24-13-18-9-10-20-21(12-18)28-16-27-20)25-14-19-8-5-11-26(19)15-17-6-3-2-4-7-17;/h2-4,6-7,9-10,12,19H,5,8,11,13-16H2,1H3,(H2,23,24,25);1H. The second-order valence-corrected chi connectivity index (χ2v) is 7.25. The zero-order valence-corrected chi connectivity index (χ0v) is 19.1. The molecule has 0 radical (unpaired) electrons. The molecule has 1 fully saturated rings. The minimum absolute atomic E-state index is 0. The number of hydrogen-bond donors (Lipinski definition) is 2. The van der Waals surface area contributed by atoms with Crippen LogP contribution in [0.4, 0.5) is 0 Å². The van der Waals surface area contributed by atoms with Crippen LogP contribution in [0.2, 0.25) is 0 Å². The molecule has 2 aromatic carbocycles. The monoisotopic (exact) mass is 508 g/mol. The van der Waals surface area contributed by atoms with Crippen LogP contribution in [0.5, 0.6) is 11.5 Å². The van der Waals surface area contributed by atoms with Gasteiger partial charge in [-0.2, -0.15) is 0 Å². The van der Waals surface area contributed by atoms with E-state index in [0.717, 1.165) is 42.7 Å². The van der Waals surface area contributed by atoms with Gasteiger partial charge in [0, 0.05) is 32.7 Å². The number of benzene rings is 2. The predicted molar refractivity (Wildman–Crippen MR) is 126 cm³/mol. The van der Waals surface area contributed by atoms with Gasteiger partial charge in [-0.3, -0.25) is 9.89 Å². The minimum Gasteiger partial charge on any atom is -0.454 e. The predicted octanol–water partition coefficient (Wildman–Crippen LogP) is 3.36. The van der Waals surface area contributed by atoms with Crippen LogP contribution in [0.1, 0.15) is 24.0 Å². The lowest BCUT2D eigenvalue weighted by atomic mass is 10.2. The molecular formula is C22H29IN4O2. The molecule has 7 heteroatoms. The van der Waals surface area contributed by atoms with Gasteiger partial charge in [-0.1, -0.05) is 36.4 Å². The molecule has 2 aliphatic heterocycles. The second kappa shape index (κ2) is 10.7. The summed E-state index contributed by atoms with van der Waals surface area (Å²) in [5.41, 5.74) is 2.51. The lowest BCUT2D eigenvalue weighted by molar-refractivity contribution is 0.174. The Morgan fingerprint density at radius 2 is 1.90 bits per heavy atom. The third-order valence-corrected chi connectivity index (χ3v) is 5.35. The molecule has 0 aliphatic carbocycles. The minimum atomic E-state index is 0. The molecule has 29 heavy (non-hydrogen) atoms. The van der Waals surface area contributed by atoms with Crippen LogP contribution in [0.3, 0.4) is 0 Å². The first-order chi connectivity index (χ1) is 13.8. The van der Waals surface area contributed by atoms with Crippen LogP contribution in [0.25, 0.3) is 0 Å². The molecule has 6 nitrogen and oxygen atoms in total. The van der Waals surface area contributed by atoms with Crippen LogP contribution in [0.15, 0.2) is 53.5 Å². The first-order valence-electron chi connectivity index (χ1n) is 9.93. The van der Waals surface area contributed by atoms with Crippen LogP contribution in [-0.2, 0) is 13.1 Å². The molecule has 0 amide bonds. The Morgan fingerprint density at radius 3 is 2.72 bits per heavy atom. The molecule has 1 saturated heterocycles. The highest BCUT2D eigenvalue weighted by molar-refractivity contribution is 14.0. The first kappa shape index (κ1) is 21.7. The summed E-state index contributed by atoms with van der Waals surface area (Å²) in [6.45, 7) is 4.06. The van der Waals surface area contributed by atoms with Gasteiger partial charge in [0.15, 0.2) is 17.5 Å². The van der Waals surface area contributed by atoms with Crippen LogP contribution in [0, 0.1) is 0 Å². The molecule has 4 rings (SSSR count). The van der Waals surface area contributed by atoms with E-state index in [4.69, 9.17) is 9.47 Å². The molecule has 2 aromatic rings. The first-order valence-corrected chi connectivity index (χ1v) is 9.93. The number of rotatable bonds is 6. The van der Waals surface area contributed by atoms with Gasteiger partial charge in [-0.15, -0.1) is 24.0 Å².